The van der Waals surface area contributed by atoms with Gasteiger partial charge in [0.1, 0.15) is 0 Å². The van der Waals surface area contributed by atoms with Gasteiger partial charge in [-0.1, -0.05) is 16.8 Å². The van der Waals surface area contributed by atoms with E-state index in [1.54, 1.807) is 17.0 Å². The first kappa shape index (κ1) is 17.7. The van der Waals surface area contributed by atoms with Crippen molar-refractivity contribution in [2.24, 2.45) is 5.92 Å². The molecule has 0 radical (unpaired) electrons. The van der Waals surface area contributed by atoms with Crippen molar-refractivity contribution in [2.75, 3.05) is 26.2 Å². The third kappa shape index (κ3) is 4.70. The van der Waals surface area contributed by atoms with Crippen LogP contribution in [0.2, 0.25) is 5.02 Å². The Hall–Kier alpha value is -2.12. The number of aromatic nitrogens is 2. The summed E-state index contributed by atoms with van der Waals surface area (Å²) in [6.45, 7) is 1.87. The molecule has 8 heteroatoms. The molecule has 1 atom stereocenters. The number of hydrogen-bond donors (Lipinski definition) is 2. The lowest BCUT2D eigenvalue weighted by Gasteiger charge is -2.31. The number of hydrogen-bond acceptors (Lipinski definition) is 5. The van der Waals surface area contributed by atoms with Crippen molar-refractivity contribution in [3.05, 3.63) is 35.2 Å². The van der Waals surface area contributed by atoms with Crippen molar-refractivity contribution in [3.8, 4) is 11.4 Å². The van der Waals surface area contributed by atoms with Gasteiger partial charge in [-0.15, -0.1) is 0 Å². The molecule has 0 spiro atoms. The van der Waals surface area contributed by atoms with E-state index in [9.17, 15) is 9.90 Å². The third-order valence-electron chi connectivity index (χ3n) is 4.25. The molecule has 1 fully saturated rings. The fourth-order valence-corrected chi connectivity index (χ4v) is 2.99. The summed E-state index contributed by atoms with van der Waals surface area (Å²) < 4.78 is 5.22. The maximum Gasteiger partial charge on any atom is 0.317 e. The van der Waals surface area contributed by atoms with E-state index in [-0.39, 0.29) is 18.6 Å². The molecule has 2 heterocycles. The van der Waals surface area contributed by atoms with Gasteiger partial charge in [-0.3, -0.25) is 0 Å². The lowest BCUT2D eigenvalue weighted by Crippen LogP contribution is -2.46. The number of carbonyl (C=O) groups excluding carboxylic acids is 1. The van der Waals surface area contributed by atoms with Crippen molar-refractivity contribution < 1.29 is 14.4 Å². The first-order chi connectivity index (χ1) is 12.2. The molecule has 2 N–H and O–H groups in total. The van der Waals surface area contributed by atoms with Gasteiger partial charge in [-0.05, 0) is 43.0 Å². The van der Waals surface area contributed by atoms with Crippen LogP contribution in [-0.4, -0.2) is 52.4 Å². The molecule has 0 bridgehead atoms. The Balaban J connectivity index is 1.47. The molecule has 2 amide bonds. The van der Waals surface area contributed by atoms with Crippen LogP contribution < -0.4 is 5.32 Å². The first-order valence-electron chi connectivity index (χ1n) is 8.38. The Morgan fingerprint density at radius 2 is 2.20 bits per heavy atom. The van der Waals surface area contributed by atoms with Crippen molar-refractivity contribution in [2.45, 2.75) is 19.3 Å². The van der Waals surface area contributed by atoms with Crippen molar-refractivity contribution in [1.82, 2.24) is 20.4 Å². The Morgan fingerprint density at radius 1 is 1.40 bits per heavy atom. The minimum atomic E-state index is -0.115. The Kier molecular flexibility index (Phi) is 5.88. The molecule has 1 aliphatic heterocycles. The number of aliphatic hydroxyl groups is 1. The average Bonchev–Trinajstić information content (AvgIpc) is 3.11. The summed E-state index contributed by atoms with van der Waals surface area (Å²) in [7, 11) is 0. The second kappa shape index (κ2) is 8.31. The lowest BCUT2D eigenvalue weighted by molar-refractivity contribution is 0.129. The first-order valence-corrected chi connectivity index (χ1v) is 8.75. The zero-order chi connectivity index (χ0) is 17.6. The topological polar surface area (TPSA) is 91.5 Å². The van der Waals surface area contributed by atoms with Crippen LogP contribution in [-0.2, 0) is 6.42 Å². The average molecular weight is 365 g/mol. The van der Waals surface area contributed by atoms with Gasteiger partial charge < -0.3 is 19.8 Å². The van der Waals surface area contributed by atoms with E-state index in [1.807, 2.05) is 12.1 Å². The standard InChI is InChI=1S/C17H21ClN4O3/c18-14-5-3-13(4-6-14)16-20-15(25-21-16)7-8-19-17(24)22-9-1-2-12(10-22)11-23/h3-6,12,23H,1-2,7-11H2,(H,19,24)/t12-/m0/s1. The molecule has 2 aromatic rings. The summed E-state index contributed by atoms with van der Waals surface area (Å²) in [6, 6.07) is 7.08. The molecule has 1 saturated heterocycles. The van der Waals surface area contributed by atoms with Crippen LogP contribution in [0.1, 0.15) is 18.7 Å². The molecule has 3 rings (SSSR count). The van der Waals surface area contributed by atoms with E-state index in [1.165, 1.54) is 0 Å². The van der Waals surface area contributed by atoms with E-state index in [4.69, 9.17) is 16.1 Å². The maximum atomic E-state index is 12.2. The summed E-state index contributed by atoms with van der Waals surface area (Å²) in [5.74, 6) is 1.15. The number of piperidine rings is 1. The Bertz CT molecular complexity index is 704. The van der Waals surface area contributed by atoms with E-state index >= 15 is 0 Å². The summed E-state index contributed by atoms with van der Waals surface area (Å²) in [5.41, 5.74) is 0.826. The van der Waals surface area contributed by atoms with Crippen LogP contribution in [0.15, 0.2) is 28.8 Å². The highest BCUT2D eigenvalue weighted by Crippen LogP contribution is 2.19. The summed E-state index contributed by atoms with van der Waals surface area (Å²) in [5, 5.41) is 16.7. The van der Waals surface area contributed by atoms with E-state index in [0.717, 1.165) is 24.9 Å². The van der Waals surface area contributed by atoms with Gasteiger partial charge in [0.25, 0.3) is 0 Å². The second-order valence-corrected chi connectivity index (χ2v) is 6.57. The predicted molar refractivity (Wildman–Crippen MR) is 93.2 cm³/mol. The van der Waals surface area contributed by atoms with Crippen LogP contribution in [0.4, 0.5) is 4.79 Å². The van der Waals surface area contributed by atoms with Crippen molar-refractivity contribution in [3.63, 3.8) is 0 Å². The summed E-state index contributed by atoms with van der Waals surface area (Å²) >= 11 is 5.86. The van der Waals surface area contributed by atoms with E-state index < -0.39 is 0 Å². The monoisotopic (exact) mass is 364 g/mol. The number of halogens is 1. The predicted octanol–water partition coefficient (Wildman–Crippen LogP) is 2.35. The van der Waals surface area contributed by atoms with Gasteiger partial charge in [-0.2, -0.15) is 4.98 Å². The molecule has 1 aromatic carbocycles. The summed E-state index contributed by atoms with van der Waals surface area (Å²) in [4.78, 5) is 18.2. The zero-order valence-corrected chi connectivity index (χ0v) is 14.6. The van der Waals surface area contributed by atoms with Gasteiger partial charge in [0.15, 0.2) is 0 Å². The minimum Gasteiger partial charge on any atom is -0.396 e. The third-order valence-corrected chi connectivity index (χ3v) is 4.50. The molecule has 0 unspecified atom stereocenters. The molecule has 7 nitrogen and oxygen atoms in total. The van der Waals surface area contributed by atoms with Crippen LogP contribution in [0.3, 0.4) is 0 Å². The number of rotatable bonds is 5. The fraction of sp³-hybridized carbons (Fsp3) is 0.471. The van der Waals surface area contributed by atoms with Crippen molar-refractivity contribution >= 4 is 17.6 Å². The highest BCUT2D eigenvalue weighted by Gasteiger charge is 2.22. The highest BCUT2D eigenvalue weighted by molar-refractivity contribution is 6.30. The van der Waals surface area contributed by atoms with Crippen LogP contribution in [0.5, 0.6) is 0 Å². The normalized spacial score (nSPS) is 17.5. The number of likely N-dealkylation sites (tertiary alicyclic amines) is 1. The van der Waals surface area contributed by atoms with Crippen LogP contribution in [0, 0.1) is 5.92 Å². The summed E-state index contributed by atoms with van der Waals surface area (Å²) in [6.07, 6.45) is 2.35. The number of carbonyl (C=O) groups is 1. The maximum absolute atomic E-state index is 12.2. The number of aliphatic hydroxyl groups excluding tert-OH is 1. The molecule has 1 aliphatic rings. The van der Waals surface area contributed by atoms with Crippen LogP contribution >= 0.6 is 11.6 Å². The zero-order valence-electron chi connectivity index (χ0n) is 13.8. The number of nitrogens with zero attached hydrogens (tertiary/aromatic N) is 3. The molecule has 1 aromatic heterocycles. The Labute approximate surface area is 151 Å². The SMILES string of the molecule is O=C(NCCc1nc(-c2ccc(Cl)cc2)no1)N1CCC[C@H](CO)C1. The molecule has 25 heavy (non-hydrogen) atoms. The molecular weight excluding hydrogens is 344 g/mol. The number of amides is 2. The lowest BCUT2D eigenvalue weighted by atomic mass is 9.99. The second-order valence-electron chi connectivity index (χ2n) is 6.14. The highest BCUT2D eigenvalue weighted by atomic mass is 35.5. The number of benzene rings is 1. The fourth-order valence-electron chi connectivity index (χ4n) is 2.86. The van der Waals surface area contributed by atoms with Crippen LogP contribution in [0.25, 0.3) is 11.4 Å². The van der Waals surface area contributed by atoms with Gasteiger partial charge in [-0.25, -0.2) is 4.79 Å². The largest absolute Gasteiger partial charge is 0.396 e. The van der Waals surface area contributed by atoms with Gasteiger partial charge in [0, 0.05) is 43.2 Å². The smallest absolute Gasteiger partial charge is 0.317 e. The number of urea groups is 1. The molecular formula is C17H21ClN4O3. The Morgan fingerprint density at radius 3 is 2.96 bits per heavy atom. The molecule has 134 valence electrons. The molecule has 0 aliphatic carbocycles. The minimum absolute atomic E-state index is 0.115. The van der Waals surface area contributed by atoms with Crippen molar-refractivity contribution in [1.29, 1.82) is 0 Å². The van der Waals surface area contributed by atoms with E-state index in [0.29, 0.717) is 36.2 Å². The quantitative estimate of drug-likeness (QED) is 0.849. The van der Waals surface area contributed by atoms with E-state index in [2.05, 4.69) is 15.5 Å². The van der Waals surface area contributed by atoms with Gasteiger partial charge in [0.2, 0.25) is 11.7 Å². The van der Waals surface area contributed by atoms with Gasteiger partial charge >= 0.3 is 6.03 Å². The molecule has 0 saturated carbocycles. The van der Waals surface area contributed by atoms with Gasteiger partial charge in [0.05, 0.1) is 0 Å². The number of nitrogens with one attached hydrogen (secondary N) is 1.